The fourth-order valence-corrected chi connectivity index (χ4v) is 4.94. The van der Waals surface area contributed by atoms with E-state index >= 15 is 0 Å². The van der Waals surface area contributed by atoms with Crippen LogP contribution in [0.25, 0.3) is 22.4 Å². The Labute approximate surface area is 214 Å². The minimum Gasteiger partial charge on any atom is -0.496 e. The molecule has 0 bridgehead atoms. The molecule has 2 aromatic heterocycles. The number of piperazine rings is 1. The van der Waals surface area contributed by atoms with Crippen LogP contribution in [0.15, 0.2) is 59.1 Å². The molecule has 3 heterocycles. The number of pyridine rings is 1. The summed E-state index contributed by atoms with van der Waals surface area (Å²) in [4.78, 5) is 35.3. The van der Waals surface area contributed by atoms with E-state index in [9.17, 15) is 9.59 Å². The summed E-state index contributed by atoms with van der Waals surface area (Å²) in [5.74, 6) is 0.912. The van der Waals surface area contributed by atoms with Gasteiger partial charge >= 0.3 is 0 Å². The predicted octanol–water partition coefficient (Wildman–Crippen LogP) is 4.68. The molecule has 2 fully saturated rings. The summed E-state index contributed by atoms with van der Waals surface area (Å²) < 4.78 is 11.0. The molecule has 0 N–H and O–H groups in total. The summed E-state index contributed by atoms with van der Waals surface area (Å²) in [5, 5.41) is 4.94. The zero-order valence-electron chi connectivity index (χ0n) is 20.9. The van der Waals surface area contributed by atoms with Crippen molar-refractivity contribution in [2.45, 2.75) is 25.7 Å². The molecule has 0 atom stereocenters. The van der Waals surface area contributed by atoms with E-state index in [-0.39, 0.29) is 11.8 Å². The van der Waals surface area contributed by atoms with Crippen molar-refractivity contribution in [2.75, 3.05) is 33.3 Å². The number of benzene rings is 2. The van der Waals surface area contributed by atoms with Crippen LogP contribution in [-0.2, 0) is 0 Å². The molecule has 1 saturated heterocycles. The van der Waals surface area contributed by atoms with Crippen molar-refractivity contribution in [3.8, 4) is 17.0 Å². The fourth-order valence-electron chi connectivity index (χ4n) is 4.94. The van der Waals surface area contributed by atoms with Crippen LogP contribution in [0.1, 0.15) is 50.7 Å². The molecule has 0 unspecified atom stereocenters. The smallest absolute Gasteiger partial charge is 0.259 e. The van der Waals surface area contributed by atoms with Gasteiger partial charge in [0.05, 0.1) is 18.1 Å². The molecule has 1 saturated carbocycles. The van der Waals surface area contributed by atoms with E-state index in [2.05, 4.69) is 5.16 Å². The van der Waals surface area contributed by atoms with E-state index in [0.717, 1.165) is 29.7 Å². The second-order valence-corrected chi connectivity index (χ2v) is 9.72. The lowest BCUT2D eigenvalue weighted by molar-refractivity contribution is 0.0536. The predicted molar refractivity (Wildman–Crippen MR) is 139 cm³/mol. The Balaban J connectivity index is 1.26. The second kappa shape index (κ2) is 9.35. The zero-order valence-corrected chi connectivity index (χ0v) is 20.9. The highest BCUT2D eigenvalue weighted by Crippen LogP contribution is 2.41. The first-order chi connectivity index (χ1) is 18.0. The number of fused-ring (bicyclic) bond motifs is 1. The molecule has 0 spiro atoms. The van der Waals surface area contributed by atoms with Gasteiger partial charge < -0.3 is 19.1 Å². The van der Waals surface area contributed by atoms with Gasteiger partial charge in [-0.15, -0.1) is 0 Å². The van der Waals surface area contributed by atoms with Crippen molar-refractivity contribution in [2.24, 2.45) is 0 Å². The van der Waals surface area contributed by atoms with Crippen LogP contribution < -0.4 is 4.74 Å². The van der Waals surface area contributed by atoms with Gasteiger partial charge in [0.2, 0.25) is 0 Å². The van der Waals surface area contributed by atoms with E-state index in [1.165, 1.54) is 0 Å². The molecule has 0 radical (unpaired) electrons. The number of hydrogen-bond donors (Lipinski definition) is 0. The molecule has 6 rings (SSSR count). The summed E-state index contributed by atoms with van der Waals surface area (Å²) in [6, 6.07) is 17.1. The van der Waals surface area contributed by atoms with Crippen LogP contribution in [0.4, 0.5) is 0 Å². The van der Waals surface area contributed by atoms with Gasteiger partial charge in [0.15, 0.2) is 0 Å². The molecule has 8 heteroatoms. The number of rotatable bonds is 5. The minimum absolute atomic E-state index is 0.0573. The zero-order chi connectivity index (χ0) is 25.5. The second-order valence-electron chi connectivity index (χ2n) is 9.72. The third-order valence-electron chi connectivity index (χ3n) is 7.25. The molecule has 188 valence electrons. The van der Waals surface area contributed by atoms with E-state index in [1.807, 2.05) is 60.4 Å². The van der Waals surface area contributed by atoms with E-state index in [4.69, 9.17) is 14.2 Å². The van der Waals surface area contributed by atoms with Crippen LogP contribution in [0, 0.1) is 6.92 Å². The number of aromatic nitrogens is 2. The molecule has 1 aliphatic carbocycles. The molecule has 2 amide bonds. The first-order valence-electron chi connectivity index (χ1n) is 12.6. The molecular formula is C29H28N4O4. The Bertz CT molecular complexity index is 1480. The number of carbonyl (C=O) groups excluding carboxylic acids is 2. The van der Waals surface area contributed by atoms with Crippen molar-refractivity contribution in [1.29, 1.82) is 0 Å². The highest BCUT2D eigenvalue weighted by Gasteiger charge is 2.32. The van der Waals surface area contributed by atoms with Gasteiger partial charge in [-0.1, -0.05) is 41.6 Å². The average molecular weight is 497 g/mol. The number of ether oxygens (including phenoxy) is 1. The molecule has 8 nitrogen and oxygen atoms in total. The Kier molecular flexibility index (Phi) is 5.87. The molecule has 4 aromatic rings. The highest BCUT2D eigenvalue weighted by atomic mass is 16.5. The van der Waals surface area contributed by atoms with Gasteiger partial charge in [0.1, 0.15) is 11.4 Å². The maximum Gasteiger partial charge on any atom is 0.259 e. The van der Waals surface area contributed by atoms with Gasteiger partial charge in [-0.2, -0.15) is 0 Å². The highest BCUT2D eigenvalue weighted by molar-refractivity contribution is 6.09. The van der Waals surface area contributed by atoms with Crippen LogP contribution in [0.2, 0.25) is 0 Å². The maximum absolute atomic E-state index is 13.9. The van der Waals surface area contributed by atoms with Crippen molar-refractivity contribution in [3.05, 3.63) is 77.0 Å². The quantitative estimate of drug-likeness (QED) is 0.399. The van der Waals surface area contributed by atoms with Crippen LogP contribution >= 0.6 is 0 Å². The van der Waals surface area contributed by atoms with Gasteiger partial charge in [-0.05, 0) is 43.5 Å². The normalized spacial score (nSPS) is 15.7. The number of aryl methyl sites for hydroxylation is 1. The number of methoxy groups -OCH3 is 1. The monoisotopic (exact) mass is 496 g/mol. The third kappa shape index (κ3) is 4.33. The summed E-state index contributed by atoms with van der Waals surface area (Å²) in [6.07, 6.45) is 2.13. The molecule has 1 aliphatic heterocycles. The van der Waals surface area contributed by atoms with Crippen LogP contribution in [0.3, 0.4) is 0 Å². The maximum atomic E-state index is 13.9. The topological polar surface area (TPSA) is 88.8 Å². The molecule has 2 aliphatic rings. The van der Waals surface area contributed by atoms with Crippen LogP contribution in [-0.4, -0.2) is 65.0 Å². The average Bonchev–Trinajstić information content (AvgIpc) is 3.71. The molecule has 2 aromatic carbocycles. The minimum atomic E-state index is -0.0845. The van der Waals surface area contributed by atoms with Gasteiger partial charge in [0.25, 0.3) is 17.5 Å². The fraction of sp³-hybridized carbons (Fsp3) is 0.310. The summed E-state index contributed by atoms with van der Waals surface area (Å²) in [6.45, 7) is 3.75. The Morgan fingerprint density at radius 2 is 1.65 bits per heavy atom. The van der Waals surface area contributed by atoms with Crippen LogP contribution in [0.5, 0.6) is 5.75 Å². The Morgan fingerprint density at radius 1 is 0.946 bits per heavy atom. The number of carbonyl (C=O) groups is 2. The van der Waals surface area contributed by atoms with Gasteiger partial charge in [0, 0.05) is 48.9 Å². The standard InChI is InChI=1S/C29H28N4O4/c1-18-8-9-21(16-24(18)36-2)28(34)32-12-14-33(15-13-32)29(35)22-17-23(19-10-11-19)30-27-25(22)26(31-37-27)20-6-4-3-5-7-20/h3-9,16-17,19H,10-15H2,1-2H3. The summed E-state index contributed by atoms with van der Waals surface area (Å²) in [5.41, 5.74) is 4.91. The number of hydrogen-bond acceptors (Lipinski definition) is 6. The SMILES string of the molecule is COc1cc(C(=O)N2CCN(C(=O)c3cc(C4CC4)nc4onc(-c5ccccc5)c34)CC2)ccc1C. The Hall–Kier alpha value is -4.20. The van der Waals surface area contributed by atoms with E-state index < -0.39 is 0 Å². The largest absolute Gasteiger partial charge is 0.496 e. The van der Waals surface area contributed by atoms with Crippen molar-refractivity contribution < 1.29 is 18.8 Å². The first kappa shape index (κ1) is 23.2. The number of amides is 2. The lowest BCUT2D eigenvalue weighted by atomic mass is 10.0. The lowest BCUT2D eigenvalue weighted by Gasteiger charge is -2.35. The van der Waals surface area contributed by atoms with E-state index in [1.54, 1.807) is 18.1 Å². The van der Waals surface area contributed by atoms with E-state index in [0.29, 0.717) is 65.8 Å². The van der Waals surface area contributed by atoms with Crippen molar-refractivity contribution in [1.82, 2.24) is 19.9 Å². The summed E-state index contributed by atoms with van der Waals surface area (Å²) in [7, 11) is 1.60. The van der Waals surface area contributed by atoms with Gasteiger partial charge in [-0.3, -0.25) is 9.59 Å². The summed E-state index contributed by atoms with van der Waals surface area (Å²) >= 11 is 0. The van der Waals surface area contributed by atoms with Crippen molar-refractivity contribution in [3.63, 3.8) is 0 Å². The third-order valence-corrected chi connectivity index (χ3v) is 7.25. The van der Waals surface area contributed by atoms with Gasteiger partial charge in [-0.25, -0.2) is 4.98 Å². The lowest BCUT2D eigenvalue weighted by Crippen LogP contribution is -2.50. The first-order valence-corrected chi connectivity index (χ1v) is 12.6. The molecule has 37 heavy (non-hydrogen) atoms. The number of nitrogens with zero attached hydrogens (tertiary/aromatic N) is 4. The Morgan fingerprint density at radius 3 is 2.32 bits per heavy atom. The molecular weight excluding hydrogens is 468 g/mol. The van der Waals surface area contributed by atoms with Crippen molar-refractivity contribution >= 4 is 22.9 Å².